The highest BCUT2D eigenvalue weighted by Crippen LogP contribution is 2.26. The van der Waals surface area contributed by atoms with Gasteiger partial charge in [0.15, 0.2) is 0 Å². The zero-order valence-electron chi connectivity index (χ0n) is 11.0. The van der Waals surface area contributed by atoms with E-state index in [1.54, 1.807) is 12.1 Å². The monoisotopic (exact) mass is 260 g/mol. The number of nitro groups is 1. The molecule has 6 heteroatoms. The molecular formula is C13H16N4O2. The highest BCUT2D eigenvalue weighted by Gasteiger charge is 2.24. The first kappa shape index (κ1) is 13.3. The summed E-state index contributed by atoms with van der Waals surface area (Å²) in [5.41, 5.74) is 0.839. The van der Waals surface area contributed by atoms with Crippen LogP contribution < -0.4 is 10.2 Å². The zero-order chi connectivity index (χ0) is 14.0. The number of anilines is 1. The molecule has 1 fully saturated rings. The van der Waals surface area contributed by atoms with Gasteiger partial charge in [-0.1, -0.05) is 0 Å². The fourth-order valence-electron chi connectivity index (χ4n) is 2.33. The average molecular weight is 260 g/mol. The van der Waals surface area contributed by atoms with Crippen molar-refractivity contribution in [2.45, 2.75) is 25.9 Å². The number of hydrogen-bond donors (Lipinski definition) is 1. The number of hydrogen-bond acceptors (Lipinski definition) is 5. The lowest BCUT2D eigenvalue weighted by Gasteiger charge is -2.39. The SMILES string of the molecule is CC1CN(c2ccc([N+](=O)[O-])c(C#N)c2)C(C)CN1. The van der Waals surface area contributed by atoms with Gasteiger partial charge in [-0.05, 0) is 26.0 Å². The van der Waals surface area contributed by atoms with Gasteiger partial charge in [-0.2, -0.15) is 5.26 Å². The third-order valence-corrected chi connectivity index (χ3v) is 3.39. The van der Waals surface area contributed by atoms with E-state index in [9.17, 15) is 10.1 Å². The van der Waals surface area contributed by atoms with E-state index >= 15 is 0 Å². The number of rotatable bonds is 2. The van der Waals surface area contributed by atoms with Crippen molar-refractivity contribution in [3.8, 4) is 6.07 Å². The minimum absolute atomic E-state index is 0.112. The molecule has 2 atom stereocenters. The van der Waals surface area contributed by atoms with Crippen LogP contribution in [0.15, 0.2) is 18.2 Å². The third-order valence-electron chi connectivity index (χ3n) is 3.39. The van der Waals surface area contributed by atoms with Crippen molar-refractivity contribution in [1.82, 2.24) is 5.32 Å². The van der Waals surface area contributed by atoms with E-state index in [1.165, 1.54) is 6.07 Å². The van der Waals surface area contributed by atoms with Crippen LogP contribution >= 0.6 is 0 Å². The highest BCUT2D eigenvalue weighted by atomic mass is 16.6. The molecule has 19 heavy (non-hydrogen) atoms. The number of benzene rings is 1. The summed E-state index contributed by atoms with van der Waals surface area (Å²) < 4.78 is 0. The van der Waals surface area contributed by atoms with E-state index in [2.05, 4.69) is 24.1 Å². The number of piperazine rings is 1. The second kappa shape index (κ2) is 5.24. The largest absolute Gasteiger partial charge is 0.366 e. The van der Waals surface area contributed by atoms with Gasteiger partial charge in [0.1, 0.15) is 11.6 Å². The van der Waals surface area contributed by atoms with E-state index in [-0.39, 0.29) is 11.3 Å². The van der Waals surface area contributed by atoms with Crippen LogP contribution in [0.3, 0.4) is 0 Å². The van der Waals surface area contributed by atoms with Gasteiger partial charge in [0.2, 0.25) is 0 Å². The van der Waals surface area contributed by atoms with E-state index in [0.29, 0.717) is 12.1 Å². The summed E-state index contributed by atoms with van der Waals surface area (Å²) in [7, 11) is 0. The van der Waals surface area contributed by atoms with Crippen LogP contribution in [-0.4, -0.2) is 30.1 Å². The van der Waals surface area contributed by atoms with E-state index in [4.69, 9.17) is 5.26 Å². The molecule has 2 unspecified atom stereocenters. The maximum Gasteiger partial charge on any atom is 0.287 e. The molecule has 6 nitrogen and oxygen atoms in total. The second-order valence-electron chi connectivity index (χ2n) is 4.88. The molecule has 100 valence electrons. The van der Waals surface area contributed by atoms with Crippen molar-refractivity contribution < 1.29 is 4.92 Å². The standard InChI is InChI=1S/C13H16N4O2/c1-9-8-16(10(2)7-15-9)12-3-4-13(17(18)19)11(5-12)6-14/h3-5,9-10,15H,7-8H2,1-2H3. The van der Waals surface area contributed by atoms with Crippen molar-refractivity contribution in [3.05, 3.63) is 33.9 Å². The predicted octanol–water partition coefficient (Wildman–Crippen LogP) is 1.65. The molecule has 1 aromatic rings. The normalized spacial score (nSPS) is 22.9. The smallest absolute Gasteiger partial charge is 0.287 e. The van der Waals surface area contributed by atoms with Crippen LogP contribution in [0.5, 0.6) is 0 Å². The molecular weight excluding hydrogens is 244 g/mol. The Bertz CT molecular complexity index is 538. The van der Waals surface area contributed by atoms with Gasteiger partial charge in [-0.3, -0.25) is 10.1 Å². The maximum absolute atomic E-state index is 10.8. The van der Waals surface area contributed by atoms with E-state index < -0.39 is 4.92 Å². The summed E-state index contributed by atoms with van der Waals surface area (Å²) in [6.45, 7) is 5.87. The Morgan fingerprint density at radius 3 is 2.89 bits per heavy atom. The van der Waals surface area contributed by atoms with Crippen LogP contribution in [0.1, 0.15) is 19.4 Å². The first-order chi connectivity index (χ1) is 9.02. The molecule has 0 bridgehead atoms. The molecule has 2 rings (SSSR count). The Balaban J connectivity index is 2.35. The number of nitrogens with one attached hydrogen (secondary N) is 1. The van der Waals surface area contributed by atoms with Crippen molar-refractivity contribution in [2.75, 3.05) is 18.0 Å². The minimum atomic E-state index is -0.522. The molecule has 1 heterocycles. The van der Waals surface area contributed by atoms with Crippen molar-refractivity contribution in [1.29, 1.82) is 5.26 Å². The van der Waals surface area contributed by atoms with Gasteiger partial charge in [-0.25, -0.2) is 0 Å². The van der Waals surface area contributed by atoms with Crippen molar-refractivity contribution in [2.24, 2.45) is 0 Å². The molecule has 0 saturated carbocycles. The molecule has 1 N–H and O–H groups in total. The predicted molar refractivity (Wildman–Crippen MR) is 72.1 cm³/mol. The lowest BCUT2D eigenvalue weighted by atomic mass is 10.1. The first-order valence-electron chi connectivity index (χ1n) is 6.21. The zero-order valence-corrected chi connectivity index (χ0v) is 11.0. The third kappa shape index (κ3) is 2.66. The maximum atomic E-state index is 10.8. The van der Waals surface area contributed by atoms with Crippen LogP contribution in [-0.2, 0) is 0 Å². The molecule has 0 spiro atoms. The number of nitrogens with zero attached hydrogens (tertiary/aromatic N) is 3. The van der Waals surface area contributed by atoms with Gasteiger partial charge in [0.25, 0.3) is 5.69 Å². The Labute approximate surface area is 111 Å². The summed E-state index contributed by atoms with van der Waals surface area (Å²) in [4.78, 5) is 12.5. The van der Waals surface area contributed by atoms with Gasteiger partial charge >= 0.3 is 0 Å². The lowest BCUT2D eigenvalue weighted by molar-refractivity contribution is -0.385. The first-order valence-corrected chi connectivity index (χ1v) is 6.21. The fourth-order valence-corrected chi connectivity index (χ4v) is 2.33. The molecule has 1 aliphatic heterocycles. The summed E-state index contributed by atoms with van der Waals surface area (Å²) >= 11 is 0. The van der Waals surface area contributed by atoms with Crippen molar-refractivity contribution in [3.63, 3.8) is 0 Å². The van der Waals surface area contributed by atoms with Crippen LogP contribution in [0.25, 0.3) is 0 Å². The molecule has 1 saturated heterocycles. The molecule has 0 aliphatic carbocycles. The molecule has 1 aliphatic rings. The number of nitriles is 1. The summed E-state index contributed by atoms with van der Waals surface area (Å²) in [6, 6.07) is 7.28. The van der Waals surface area contributed by atoms with Gasteiger partial charge in [0.05, 0.1) is 4.92 Å². The second-order valence-corrected chi connectivity index (χ2v) is 4.88. The topological polar surface area (TPSA) is 82.2 Å². The van der Waals surface area contributed by atoms with Crippen molar-refractivity contribution >= 4 is 11.4 Å². The summed E-state index contributed by atoms with van der Waals surface area (Å²) in [5.74, 6) is 0. The molecule has 1 aromatic carbocycles. The summed E-state index contributed by atoms with van der Waals surface area (Å²) in [5, 5.41) is 23.2. The minimum Gasteiger partial charge on any atom is -0.366 e. The average Bonchev–Trinajstić information content (AvgIpc) is 2.40. The Hall–Kier alpha value is -2.13. The van der Waals surface area contributed by atoms with Gasteiger partial charge in [-0.15, -0.1) is 0 Å². The Kier molecular flexibility index (Phi) is 3.67. The van der Waals surface area contributed by atoms with Crippen LogP contribution in [0, 0.1) is 21.4 Å². The van der Waals surface area contributed by atoms with Crippen LogP contribution in [0.4, 0.5) is 11.4 Å². The van der Waals surface area contributed by atoms with E-state index in [0.717, 1.165) is 18.8 Å². The van der Waals surface area contributed by atoms with E-state index in [1.807, 2.05) is 6.07 Å². The quantitative estimate of drug-likeness (QED) is 0.646. The Morgan fingerprint density at radius 1 is 1.53 bits per heavy atom. The Morgan fingerprint density at radius 2 is 2.26 bits per heavy atom. The van der Waals surface area contributed by atoms with Gasteiger partial charge < -0.3 is 10.2 Å². The van der Waals surface area contributed by atoms with Gasteiger partial charge in [0, 0.05) is 36.9 Å². The molecule has 0 radical (unpaired) electrons. The molecule has 0 aromatic heterocycles. The fraction of sp³-hybridized carbons (Fsp3) is 0.462. The summed E-state index contributed by atoms with van der Waals surface area (Å²) in [6.07, 6.45) is 0. The lowest BCUT2D eigenvalue weighted by Crippen LogP contribution is -2.54. The molecule has 0 amide bonds. The number of nitro benzene ring substituents is 1. The highest BCUT2D eigenvalue weighted by molar-refractivity contribution is 5.60. The van der Waals surface area contributed by atoms with Crippen LogP contribution in [0.2, 0.25) is 0 Å².